The second kappa shape index (κ2) is 6.03. The summed E-state index contributed by atoms with van der Waals surface area (Å²) >= 11 is 0. The summed E-state index contributed by atoms with van der Waals surface area (Å²) in [6.45, 7) is -0.721. The average molecular weight is 280 g/mol. The van der Waals surface area contributed by atoms with Crippen molar-refractivity contribution in [2.45, 2.75) is 12.6 Å². The lowest BCUT2D eigenvalue weighted by Crippen LogP contribution is -2.34. The Balaban J connectivity index is 2.68. The first-order valence-corrected chi connectivity index (χ1v) is 6.58. The number of aromatic nitrogens is 3. The van der Waals surface area contributed by atoms with Crippen molar-refractivity contribution in [1.82, 2.24) is 14.8 Å². The first kappa shape index (κ1) is 14.7. The number of rotatable bonds is 6. The van der Waals surface area contributed by atoms with Crippen molar-refractivity contribution in [3.05, 3.63) is 16.7 Å². The van der Waals surface area contributed by atoms with E-state index < -0.39 is 32.3 Å². The molecular formula is C7H13N4O6P. The molecule has 1 rings (SSSR count). The fourth-order valence-corrected chi connectivity index (χ4v) is 1.46. The normalized spacial score (nSPS) is 13.5. The maximum atomic E-state index is 11.3. The summed E-state index contributed by atoms with van der Waals surface area (Å²) in [4.78, 5) is 31.9. The topological polar surface area (TPSA) is 161 Å². The zero-order valence-electron chi connectivity index (χ0n) is 9.21. The summed E-state index contributed by atoms with van der Waals surface area (Å²) in [5.41, 5.74) is 4.49. The molecule has 0 amide bonds. The Morgan fingerprint density at radius 1 is 1.56 bits per heavy atom. The first-order valence-electron chi connectivity index (χ1n) is 4.78. The van der Waals surface area contributed by atoms with Gasteiger partial charge in [0, 0.05) is 0 Å². The van der Waals surface area contributed by atoms with Gasteiger partial charge in [-0.25, -0.2) is 9.48 Å². The molecule has 5 N–H and O–H groups in total. The molecule has 0 saturated heterocycles. The van der Waals surface area contributed by atoms with E-state index in [2.05, 4.69) is 10.1 Å². The molecule has 11 heteroatoms. The molecule has 0 aliphatic heterocycles. The molecule has 0 bridgehead atoms. The van der Waals surface area contributed by atoms with Crippen LogP contribution in [-0.4, -0.2) is 48.7 Å². The van der Waals surface area contributed by atoms with Crippen LogP contribution in [0.5, 0.6) is 0 Å². The summed E-state index contributed by atoms with van der Waals surface area (Å²) in [5.74, 6) is -0.0482. The smallest absolute Gasteiger partial charge is 0.366 e. The molecule has 1 aromatic heterocycles. The van der Waals surface area contributed by atoms with Gasteiger partial charge in [0.05, 0.1) is 19.3 Å². The molecule has 0 aliphatic rings. The minimum absolute atomic E-state index is 0.0482. The average Bonchev–Trinajstić information content (AvgIpc) is 2.25. The standard InChI is InChI=1S/C7H13N4O6P/c8-6-1-9-11(7(13)10-6)2-5(3-12)17-4-18(14,15)16/h1,5,12H,2-4H2,(H2,8,10,13)(H2,14,15,16). The highest BCUT2D eigenvalue weighted by molar-refractivity contribution is 7.51. The predicted molar refractivity (Wildman–Crippen MR) is 59.6 cm³/mol. The van der Waals surface area contributed by atoms with Gasteiger partial charge in [0.1, 0.15) is 18.3 Å². The zero-order valence-corrected chi connectivity index (χ0v) is 10.1. The monoisotopic (exact) mass is 280 g/mol. The summed E-state index contributed by atoms with van der Waals surface area (Å²) in [6.07, 6.45) is -0.693. The van der Waals surface area contributed by atoms with Crippen LogP contribution in [0, 0.1) is 0 Å². The molecule has 10 nitrogen and oxygen atoms in total. The molecule has 0 radical (unpaired) electrons. The van der Waals surface area contributed by atoms with Gasteiger partial charge >= 0.3 is 13.3 Å². The van der Waals surface area contributed by atoms with E-state index in [1.54, 1.807) is 0 Å². The number of nitrogens with two attached hydrogens (primary N) is 1. The van der Waals surface area contributed by atoms with Crippen LogP contribution in [0.15, 0.2) is 11.0 Å². The quantitative estimate of drug-likeness (QED) is 0.421. The third-order valence-electron chi connectivity index (χ3n) is 1.83. The van der Waals surface area contributed by atoms with Gasteiger partial charge in [-0.05, 0) is 0 Å². The molecular weight excluding hydrogens is 267 g/mol. The third kappa shape index (κ3) is 4.90. The van der Waals surface area contributed by atoms with Crippen molar-refractivity contribution in [2.24, 2.45) is 0 Å². The van der Waals surface area contributed by atoms with Gasteiger partial charge in [0.15, 0.2) is 0 Å². The molecule has 0 aliphatic carbocycles. The van der Waals surface area contributed by atoms with E-state index in [0.29, 0.717) is 0 Å². The second-order valence-corrected chi connectivity index (χ2v) is 5.00. The molecule has 1 unspecified atom stereocenters. The Morgan fingerprint density at radius 2 is 2.22 bits per heavy atom. The van der Waals surface area contributed by atoms with Crippen LogP contribution in [0.1, 0.15) is 0 Å². The third-order valence-corrected chi connectivity index (χ3v) is 2.32. The molecule has 1 heterocycles. The largest absolute Gasteiger partial charge is 0.394 e. The molecule has 0 fully saturated rings. The van der Waals surface area contributed by atoms with Gasteiger partial charge in [0.25, 0.3) is 0 Å². The maximum absolute atomic E-state index is 11.3. The highest BCUT2D eigenvalue weighted by Crippen LogP contribution is 2.34. The zero-order chi connectivity index (χ0) is 13.8. The van der Waals surface area contributed by atoms with Crippen molar-refractivity contribution < 1.29 is 24.2 Å². The SMILES string of the molecule is Nc1cnn(CC(CO)OCP(=O)(O)O)c(=O)n1. The van der Waals surface area contributed by atoms with Crippen LogP contribution in [0.3, 0.4) is 0 Å². The Morgan fingerprint density at radius 3 is 2.72 bits per heavy atom. The lowest BCUT2D eigenvalue weighted by molar-refractivity contribution is 0.0164. The lowest BCUT2D eigenvalue weighted by atomic mass is 10.4. The Bertz CT molecular complexity index is 499. The number of hydrogen-bond acceptors (Lipinski definition) is 7. The number of hydrogen-bond donors (Lipinski definition) is 4. The highest BCUT2D eigenvalue weighted by atomic mass is 31.2. The first-order chi connectivity index (χ1) is 8.31. The van der Waals surface area contributed by atoms with E-state index in [4.69, 9.17) is 25.4 Å². The second-order valence-electron chi connectivity index (χ2n) is 3.41. The number of aliphatic hydroxyl groups is 1. The van der Waals surface area contributed by atoms with Crippen LogP contribution < -0.4 is 11.4 Å². The van der Waals surface area contributed by atoms with Crippen molar-refractivity contribution in [3.63, 3.8) is 0 Å². The molecule has 0 saturated carbocycles. The van der Waals surface area contributed by atoms with E-state index in [9.17, 15) is 9.36 Å². The van der Waals surface area contributed by atoms with Crippen LogP contribution in [0.2, 0.25) is 0 Å². The molecule has 1 atom stereocenters. The van der Waals surface area contributed by atoms with Gasteiger partial charge in [0.2, 0.25) is 0 Å². The van der Waals surface area contributed by atoms with E-state index in [1.807, 2.05) is 0 Å². The van der Waals surface area contributed by atoms with Crippen molar-refractivity contribution in [1.29, 1.82) is 0 Å². The van der Waals surface area contributed by atoms with E-state index in [1.165, 1.54) is 0 Å². The molecule has 102 valence electrons. The van der Waals surface area contributed by atoms with E-state index >= 15 is 0 Å². The summed E-state index contributed by atoms with van der Waals surface area (Å²) in [7, 11) is -4.33. The van der Waals surface area contributed by atoms with Gasteiger partial charge in [-0.2, -0.15) is 10.1 Å². The van der Waals surface area contributed by atoms with Crippen LogP contribution in [0.4, 0.5) is 5.82 Å². The van der Waals surface area contributed by atoms with Crippen LogP contribution >= 0.6 is 7.60 Å². The van der Waals surface area contributed by atoms with Gasteiger partial charge in [-0.3, -0.25) is 4.57 Å². The number of nitrogen functional groups attached to an aromatic ring is 1. The number of anilines is 1. The van der Waals surface area contributed by atoms with Crippen LogP contribution in [0.25, 0.3) is 0 Å². The summed E-state index contributed by atoms with van der Waals surface area (Å²) < 4.78 is 16.2. The summed E-state index contributed by atoms with van der Waals surface area (Å²) in [6, 6.07) is 0. The Hall–Kier alpha value is -1.32. The van der Waals surface area contributed by atoms with E-state index in [-0.39, 0.29) is 12.4 Å². The number of nitrogens with zero attached hydrogens (tertiary/aromatic N) is 3. The van der Waals surface area contributed by atoms with Crippen molar-refractivity contribution in [3.8, 4) is 0 Å². The van der Waals surface area contributed by atoms with Crippen LogP contribution in [-0.2, 0) is 15.8 Å². The maximum Gasteiger partial charge on any atom is 0.366 e. The fourth-order valence-electron chi connectivity index (χ4n) is 1.06. The van der Waals surface area contributed by atoms with Gasteiger partial charge in [-0.1, -0.05) is 0 Å². The number of aliphatic hydroxyl groups excluding tert-OH is 1. The molecule has 0 aromatic carbocycles. The highest BCUT2D eigenvalue weighted by Gasteiger charge is 2.18. The molecule has 1 aromatic rings. The summed E-state index contributed by atoms with van der Waals surface area (Å²) in [5, 5.41) is 12.6. The minimum atomic E-state index is -4.33. The van der Waals surface area contributed by atoms with Crippen molar-refractivity contribution >= 4 is 13.4 Å². The fraction of sp³-hybridized carbons (Fsp3) is 0.571. The van der Waals surface area contributed by atoms with Gasteiger partial charge in [-0.15, -0.1) is 0 Å². The van der Waals surface area contributed by atoms with Crippen molar-refractivity contribution in [2.75, 3.05) is 18.7 Å². The minimum Gasteiger partial charge on any atom is -0.394 e. The number of ether oxygens (including phenoxy) is 1. The molecule has 18 heavy (non-hydrogen) atoms. The van der Waals surface area contributed by atoms with E-state index in [0.717, 1.165) is 10.9 Å². The Kier molecular flexibility index (Phi) is 4.93. The van der Waals surface area contributed by atoms with Gasteiger partial charge < -0.3 is 25.4 Å². The Labute approximate surface area is 101 Å². The predicted octanol–water partition coefficient (Wildman–Crippen LogP) is -2.27. The lowest BCUT2D eigenvalue weighted by Gasteiger charge is -2.16. The molecule has 0 spiro atoms.